The summed E-state index contributed by atoms with van der Waals surface area (Å²) in [5.41, 5.74) is 1.67. The number of thiazole rings is 1. The van der Waals surface area contributed by atoms with Crippen LogP contribution >= 0.6 is 11.3 Å². The summed E-state index contributed by atoms with van der Waals surface area (Å²) in [4.78, 5) is 27.0. The molecule has 0 amide bonds. The number of benzene rings is 2. The fourth-order valence-electron chi connectivity index (χ4n) is 2.72. The van der Waals surface area contributed by atoms with Gasteiger partial charge >= 0.3 is 0 Å². The zero-order valence-corrected chi connectivity index (χ0v) is 16.1. The van der Waals surface area contributed by atoms with Gasteiger partial charge in [-0.05, 0) is 41.5 Å². The van der Waals surface area contributed by atoms with Crippen molar-refractivity contribution in [1.82, 2.24) is 4.98 Å². The van der Waals surface area contributed by atoms with Crippen LogP contribution in [0.3, 0.4) is 0 Å². The highest BCUT2D eigenvalue weighted by molar-refractivity contribution is 7.07. The van der Waals surface area contributed by atoms with Crippen LogP contribution in [0.1, 0.15) is 21.7 Å². The topological polar surface area (TPSA) is 72.3 Å². The predicted octanol–water partition coefficient (Wildman–Crippen LogP) is 3.10. The van der Waals surface area contributed by atoms with Gasteiger partial charge in [-0.15, -0.1) is 11.3 Å². The van der Waals surface area contributed by atoms with Crippen LogP contribution in [0.15, 0.2) is 82.2 Å². The number of H-pyrrole nitrogens is 1. The van der Waals surface area contributed by atoms with Crippen molar-refractivity contribution >= 4 is 29.3 Å². The maximum absolute atomic E-state index is 12.2. The van der Waals surface area contributed by atoms with Crippen molar-refractivity contribution in [3.63, 3.8) is 0 Å². The van der Waals surface area contributed by atoms with Gasteiger partial charge in [0.1, 0.15) is 12.4 Å². The molecule has 144 valence electrons. The normalized spacial score (nSPS) is 12.3. The zero-order chi connectivity index (χ0) is 20.1. The predicted molar refractivity (Wildman–Crippen MR) is 112 cm³/mol. The lowest BCUT2D eigenvalue weighted by atomic mass is 10.2. The van der Waals surface area contributed by atoms with Gasteiger partial charge in [0.2, 0.25) is 5.78 Å². The Labute approximate surface area is 170 Å². The van der Waals surface area contributed by atoms with Crippen molar-refractivity contribution in [1.29, 1.82) is 0 Å². The summed E-state index contributed by atoms with van der Waals surface area (Å²) in [6.45, 7) is 0.470. The summed E-state index contributed by atoms with van der Waals surface area (Å²) < 4.78 is 11.9. The average molecular weight is 403 g/mol. The number of rotatable bonds is 6. The lowest BCUT2D eigenvalue weighted by Gasteiger charge is -2.06. The standard InChI is InChI=1S/C23H17NO4S/c25-19(20-10-5-11-27-20)14-22-24-23(26)21(29-22)13-17-8-4-9-18(12-17)28-15-16-6-2-1-3-7-16/h1-14H,15H2,(H,24,26)/b21-13+,22-14-. The number of aromatic nitrogens is 1. The summed E-state index contributed by atoms with van der Waals surface area (Å²) in [7, 11) is 0. The number of nitrogens with one attached hydrogen (secondary N) is 1. The molecule has 0 saturated carbocycles. The summed E-state index contributed by atoms with van der Waals surface area (Å²) in [5, 5.41) is 0. The molecule has 0 aliphatic heterocycles. The summed E-state index contributed by atoms with van der Waals surface area (Å²) >= 11 is 1.21. The minimum atomic E-state index is -0.296. The Morgan fingerprint density at radius 2 is 1.93 bits per heavy atom. The minimum Gasteiger partial charge on any atom is -0.489 e. The number of carbonyl (C=O) groups is 1. The Hall–Kier alpha value is -3.64. The van der Waals surface area contributed by atoms with Crippen molar-refractivity contribution < 1.29 is 13.9 Å². The van der Waals surface area contributed by atoms with Gasteiger partial charge < -0.3 is 14.1 Å². The molecule has 0 bridgehead atoms. The summed E-state index contributed by atoms with van der Waals surface area (Å²) in [5.74, 6) is 0.652. The van der Waals surface area contributed by atoms with Gasteiger partial charge in [-0.3, -0.25) is 9.59 Å². The third-order valence-electron chi connectivity index (χ3n) is 4.11. The van der Waals surface area contributed by atoms with E-state index < -0.39 is 0 Å². The average Bonchev–Trinajstić information content (AvgIpc) is 3.38. The van der Waals surface area contributed by atoms with E-state index in [9.17, 15) is 9.59 Å². The molecule has 2 aromatic carbocycles. The molecule has 1 N–H and O–H groups in total. The Morgan fingerprint density at radius 1 is 1.07 bits per heavy atom. The van der Waals surface area contributed by atoms with Gasteiger partial charge in [0.15, 0.2) is 5.76 Å². The maximum Gasteiger partial charge on any atom is 0.266 e. The monoisotopic (exact) mass is 403 g/mol. The third-order valence-corrected chi connectivity index (χ3v) is 5.07. The number of aromatic amines is 1. The van der Waals surface area contributed by atoms with Crippen molar-refractivity contribution in [2.75, 3.05) is 0 Å². The Morgan fingerprint density at radius 3 is 2.72 bits per heavy atom. The van der Waals surface area contributed by atoms with Gasteiger partial charge in [0, 0.05) is 6.08 Å². The van der Waals surface area contributed by atoms with Crippen LogP contribution in [0.5, 0.6) is 5.75 Å². The van der Waals surface area contributed by atoms with E-state index >= 15 is 0 Å². The van der Waals surface area contributed by atoms with Gasteiger partial charge in [0.05, 0.1) is 15.5 Å². The molecule has 5 nitrogen and oxygen atoms in total. The highest BCUT2D eigenvalue weighted by Crippen LogP contribution is 2.15. The first kappa shape index (κ1) is 18.7. The van der Waals surface area contributed by atoms with Gasteiger partial charge in [-0.25, -0.2) is 0 Å². The number of Topliss-reactive ketones (excluding diaryl/α,β-unsaturated/α-hetero) is 1. The lowest BCUT2D eigenvalue weighted by molar-refractivity contribution is 0.103. The van der Waals surface area contributed by atoms with Crippen molar-refractivity contribution in [2.45, 2.75) is 6.61 Å². The number of hydrogen-bond donors (Lipinski definition) is 1. The molecule has 0 unspecified atom stereocenters. The van der Waals surface area contributed by atoms with E-state index in [4.69, 9.17) is 9.15 Å². The first-order chi connectivity index (χ1) is 14.2. The molecule has 2 aromatic heterocycles. The summed E-state index contributed by atoms with van der Waals surface area (Å²) in [6, 6.07) is 20.7. The second-order valence-electron chi connectivity index (χ2n) is 6.26. The third kappa shape index (κ3) is 4.80. The van der Waals surface area contributed by atoms with Crippen LogP contribution < -0.4 is 19.5 Å². The van der Waals surface area contributed by atoms with Crippen LogP contribution in [-0.4, -0.2) is 10.8 Å². The molecule has 0 atom stereocenters. The van der Waals surface area contributed by atoms with Gasteiger partial charge in [-0.1, -0.05) is 42.5 Å². The van der Waals surface area contributed by atoms with Crippen LogP contribution in [0.4, 0.5) is 0 Å². The van der Waals surface area contributed by atoms with E-state index in [1.165, 1.54) is 23.7 Å². The zero-order valence-electron chi connectivity index (χ0n) is 15.3. The van der Waals surface area contributed by atoms with Crippen molar-refractivity contribution in [3.05, 3.63) is 109 Å². The van der Waals surface area contributed by atoms with Crippen LogP contribution in [0, 0.1) is 0 Å². The number of carbonyl (C=O) groups excluding carboxylic acids is 1. The Balaban J connectivity index is 1.56. The van der Waals surface area contributed by atoms with Crippen molar-refractivity contribution in [3.8, 4) is 5.75 Å². The quantitative estimate of drug-likeness (QED) is 0.502. The second-order valence-corrected chi connectivity index (χ2v) is 7.35. The van der Waals surface area contributed by atoms with Crippen LogP contribution in [0.25, 0.3) is 12.2 Å². The molecule has 0 fully saturated rings. The van der Waals surface area contributed by atoms with E-state index in [1.54, 1.807) is 18.2 Å². The maximum atomic E-state index is 12.2. The van der Waals surface area contributed by atoms with Gasteiger partial charge in [0.25, 0.3) is 5.56 Å². The van der Waals surface area contributed by atoms with Gasteiger partial charge in [-0.2, -0.15) is 0 Å². The smallest absolute Gasteiger partial charge is 0.266 e. The fraction of sp³-hybridized carbons (Fsp3) is 0.0435. The SMILES string of the molecule is O=C(/C=c1/[nH]c(=O)/c(=C\c2cccc(OCc3ccccc3)c2)s1)c1ccco1. The fourth-order valence-corrected chi connectivity index (χ4v) is 3.61. The number of ether oxygens (including phenoxy) is 1. The highest BCUT2D eigenvalue weighted by Gasteiger charge is 2.05. The summed E-state index contributed by atoms with van der Waals surface area (Å²) in [6.07, 6.45) is 4.57. The Bertz CT molecular complexity index is 1280. The largest absolute Gasteiger partial charge is 0.489 e. The van der Waals surface area contributed by atoms with Crippen LogP contribution in [-0.2, 0) is 6.61 Å². The molecule has 0 spiro atoms. The van der Waals surface area contributed by atoms with E-state index in [2.05, 4.69) is 4.98 Å². The molecule has 6 heteroatoms. The molecular formula is C23H17NO4S. The van der Waals surface area contributed by atoms with E-state index in [-0.39, 0.29) is 17.1 Å². The molecule has 0 saturated heterocycles. The van der Waals surface area contributed by atoms with E-state index in [0.717, 1.165) is 16.9 Å². The van der Waals surface area contributed by atoms with E-state index in [1.807, 2.05) is 54.6 Å². The highest BCUT2D eigenvalue weighted by atomic mass is 32.1. The number of ketones is 1. The number of hydrogen-bond acceptors (Lipinski definition) is 5. The molecule has 29 heavy (non-hydrogen) atoms. The molecule has 2 heterocycles. The lowest BCUT2D eigenvalue weighted by Crippen LogP contribution is -2.20. The molecule has 4 aromatic rings. The number of furan rings is 1. The van der Waals surface area contributed by atoms with Crippen molar-refractivity contribution in [2.24, 2.45) is 0 Å². The second kappa shape index (κ2) is 8.58. The Kier molecular flexibility index (Phi) is 5.54. The molecule has 4 rings (SSSR count). The molecule has 0 radical (unpaired) electrons. The molecule has 0 aliphatic rings. The van der Waals surface area contributed by atoms with E-state index in [0.29, 0.717) is 15.8 Å². The first-order valence-corrected chi connectivity index (χ1v) is 9.76. The van der Waals surface area contributed by atoms with Crippen LogP contribution in [0.2, 0.25) is 0 Å². The molecular weight excluding hydrogens is 386 g/mol. The molecule has 0 aliphatic carbocycles. The first-order valence-electron chi connectivity index (χ1n) is 8.94. The minimum absolute atomic E-state index is 0.230.